The van der Waals surface area contributed by atoms with E-state index >= 15 is 0 Å². The van der Waals surface area contributed by atoms with Crippen molar-refractivity contribution < 1.29 is 4.92 Å². The molecule has 3 rings (SSSR count). The number of piperidine rings is 1. The first-order chi connectivity index (χ1) is 10.1. The molecule has 0 amide bonds. The van der Waals surface area contributed by atoms with E-state index in [1.165, 1.54) is 19.3 Å². The first-order valence-electron chi connectivity index (χ1n) is 7.84. The minimum atomic E-state index is -0.315. The molecule has 3 heterocycles. The predicted octanol–water partition coefficient (Wildman–Crippen LogP) is 2.16. The number of rotatable bonds is 4. The van der Waals surface area contributed by atoms with Crippen molar-refractivity contribution >= 4 is 11.5 Å². The lowest BCUT2D eigenvalue weighted by molar-refractivity contribution is -0.384. The van der Waals surface area contributed by atoms with Crippen molar-refractivity contribution in [2.45, 2.75) is 58.2 Å². The van der Waals surface area contributed by atoms with E-state index in [0.717, 1.165) is 19.5 Å². The second-order valence-corrected chi connectivity index (χ2v) is 5.99. The Labute approximate surface area is 124 Å². The molecule has 2 saturated heterocycles. The maximum atomic E-state index is 11.3. The molecular formula is C14H23N5O2. The Bertz CT molecular complexity index is 542. The molecule has 21 heavy (non-hydrogen) atoms. The van der Waals surface area contributed by atoms with Gasteiger partial charge >= 0.3 is 5.69 Å². The van der Waals surface area contributed by atoms with Crippen LogP contribution in [-0.4, -0.2) is 44.8 Å². The van der Waals surface area contributed by atoms with E-state index in [9.17, 15) is 10.1 Å². The van der Waals surface area contributed by atoms with Gasteiger partial charge in [0.15, 0.2) is 0 Å². The van der Waals surface area contributed by atoms with Gasteiger partial charge < -0.3 is 5.32 Å². The second-order valence-electron chi connectivity index (χ2n) is 5.99. The summed E-state index contributed by atoms with van der Waals surface area (Å²) >= 11 is 0. The SMILES string of the molecule is CCn1nc(C)c([N+](=O)[O-])c1NC1CCN2CCCCC12. The lowest BCUT2D eigenvalue weighted by atomic mass is 9.99. The van der Waals surface area contributed by atoms with E-state index < -0.39 is 0 Å². The minimum Gasteiger partial charge on any atom is -0.360 e. The number of anilines is 1. The van der Waals surface area contributed by atoms with Gasteiger partial charge in [-0.05, 0) is 39.7 Å². The fourth-order valence-corrected chi connectivity index (χ4v) is 3.75. The Morgan fingerprint density at radius 2 is 2.19 bits per heavy atom. The Hall–Kier alpha value is -1.63. The summed E-state index contributed by atoms with van der Waals surface area (Å²) in [5, 5.41) is 19.1. The zero-order valence-corrected chi connectivity index (χ0v) is 12.7. The van der Waals surface area contributed by atoms with Crippen molar-refractivity contribution in [3.63, 3.8) is 0 Å². The monoisotopic (exact) mass is 293 g/mol. The number of nitro groups is 1. The van der Waals surface area contributed by atoms with Crippen molar-refractivity contribution in [2.24, 2.45) is 0 Å². The Kier molecular flexibility index (Phi) is 3.84. The Morgan fingerprint density at radius 1 is 1.38 bits per heavy atom. The van der Waals surface area contributed by atoms with Gasteiger partial charge in [0, 0.05) is 25.2 Å². The Balaban J connectivity index is 1.86. The van der Waals surface area contributed by atoms with Crippen LogP contribution in [0.5, 0.6) is 0 Å². The third-order valence-corrected chi connectivity index (χ3v) is 4.76. The summed E-state index contributed by atoms with van der Waals surface area (Å²) in [6.07, 6.45) is 4.77. The molecule has 0 aliphatic carbocycles. The average molecular weight is 293 g/mol. The summed E-state index contributed by atoms with van der Waals surface area (Å²) in [4.78, 5) is 13.5. The summed E-state index contributed by atoms with van der Waals surface area (Å²) in [6, 6.07) is 0.810. The molecule has 2 atom stereocenters. The summed E-state index contributed by atoms with van der Waals surface area (Å²) in [7, 11) is 0. The minimum absolute atomic E-state index is 0.131. The molecule has 0 spiro atoms. The highest BCUT2D eigenvalue weighted by molar-refractivity contribution is 5.60. The van der Waals surface area contributed by atoms with Crippen LogP contribution in [0.3, 0.4) is 0 Å². The number of fused-ring (bicyclic) bond motifs is 1. The molecule has 1 aromatic heterocycles. The lowest BCUT2D eigenvalue weighted by Gasteiger charge is -2.32. The standard InChI is InChI=1S/C14H23N5O2/c1-3-18-14(13(19(20)21)10(2)16-18)15-11-7-9-17-8-5-4-6-12(11)17/h11-12,15H,3-9H2,1-2H3. The number of nitrogens with zero attached hydrogens (tertiary/aromatic N) is 4. The largest absolute Gasteiger partial charge is 0.360 e. The van der Waals surface area contributed by atoms with Crippen molar-refractivity contribution in [2.75, 3.05) is 18.4 Å². The molecule has 0 bridgehead atoms. The van der Waals surface area contributed by atoms with Gasteiger partial charge in [-0.25, -0.2) is 4.68 Å². The highest BCUT2D eigenvalue weighted by Crippen LogP contribution is 2.33. The quantitative estimate of drug-likeness (QED) is 0.680. The van der Waals surface area contributed by atoms with Gasteiger partial charge in [-0.2, -0.15) is 5.10 Å². The van der Waals surface area contributed by atoms with E-state index in [1.54, 1.807) is 11.6 Å². The van der Waals surface area contributed by atoms with Crippen LogP contribution in [0.15, 0.2) is 0 Å². The van der Waals surface area contributed by atoms with Gasteiger partial charge in [0.2, 0.25) is 5.82 Å². The normalized spacial score (nSPS) is 25.8. The van der Waals surface area contributed by atoms with Crippen LogP contribution in [0, 0.1) is 17.0 Å². The molecule has 1 N–H and O–H groups in total. The lowest BCUT2D eigenvalue weighted by Crippen LogP contribution is -2.42. The second kappa shape index (κ2) is 5.63. The van der Waals surface area contributed by atoms with Crippen molar-refractivity contribution in [1.82, 2.24) is 14.7 Å². The molecule has 1 aromatic rings. The molecule has 2 unspecified atom stereocenters. The van der Waals surface area contributed by atoms with E-state index in [1.807, 2.05) is 6.92 Å². The Morgan fingerprint density at radius 3 is 2.90 bits per heavy atom. The fraction of sp³-hybridized carbons (Fsp3) is 0.786. The van der Waals surface area contributed by atoms with Gasteiger partial charge in [-0.1, -0.05) is 6.42 Å². The van der Waals surface area contributed by atoms with Crippen LogP contribution in [-0.2, 0) is 6.54 Å². The first-order valence-corrected chi connectivity index (χ1v) is 7.84. The molecule has 0 aromatic carbocycles. The summed E-state index contributed by atoms with van der Waals surface area (Å²) in [6.45, 7) is 6.56. The van der Waals surface area contributed by atoms with Crippen LogP contribution in [0.2, 0.25) is 0 Å². The third-order valence-electron chi connectivity index (χ3n) is 4.76. The smallest absolute Gasteiger partial charge is 0.333 e. The summed E-state index contributed by atoms with van der Waals surface area (Å²) < 4.78 is 1.72. The average Bonchev–Trinajstić information content (AvgIpc) is 3.01. The van der Waals surface area contributed by atoms with E-state index in [2.05, 4.69) is 15.3 Å². The van der Waals surface area contributed by atoms with Crippen LogP contribution in [0.4, 0.5) is 11.5 Å². The van der Waals surface area contributed by atoms with Crippen LogP contribution >= 0.6 is 0 Å². The van der Waals surface area contributed by atoms with E-state index in [0.29, 0.717) is 30.1 Å². The topological polar surface area (TPSA) is 76.2 Å². The maximum Gasteiger partial charge on any atom is 0.333 e. The van der Waals surface area contributed by atoms with Crippen LogP contribution in [0.1, 0.15) is 38.3 Å². The van der Waals surface area contributed by atoms with E-state index in [-0.39, 0.29) is 10.6 Å². The zero-order chi connectivity index (χ0) is 15.0. The zero-order valence-electron chi connectivity index (χ0n) is 12.7. The number of nitrogens with one attached hydrogen (secondary N) is 1. The molecule has 7 heteroatoms. The van der Waals surface area contributed by atoms with Gasteiger partial charge in [-0.3, -0.25) is 15.0 Å². The number of aryl methyl sites for hydroxylation is 2. The fourth-order valence-electron chi connectivity index (χ4n) is 3.75. The molecule has 0 saturated carbocycles. The molecule has 2 aliphatic heterocycles. The predicted molar refractivity (Wildman–Crippen MR) is 80.5 cm³/mol. The maximum absolute atomic E-state index is 11.3. The van der Waals surface area contributed by atoms with Crippen LogP contribution < -0.4 is 5.32 Å². The van der Waals surface area contributed by atoms with Gasteiger partial charge in [0.05, 0.1) is 4.92 Å². The van der Waals surface area contributed by atoms with Crippen molar-refractivity contribution in [3.05, 3.63) is 15.8 Å². The van der Waals surface area contributed by atoms with Crippen molar-refractivity contribution in [1.29, 1.82) is 0 Å². The number of aromatic nitrogens is 2. The number of hydrogen-bond acceptors (Lipinski definition) is 5. The van der Waals surface area contributed by atoms with Gasteiger partial charge in [-0.15, -0.1) is 0 Å². The molecule has 116 valence electrons. The highest BCUT2D eigenvalue weighted by Gasteiger charge is 2.37. The highest BCUT2D eigenvalue weighted by atomic mass is 16.6. The molecule has 2 aliphatic rings. The first kappa shape index (κ1) is 14.3. The van der Waals surface area contributed by atoms with Gasteiger partial charge in [0.1, 0.15) is 5.69 Å². The molecule has 7 nitrogen and oxygen atoms in total. The molecular weight excluding hydrogens is 270 g/mol. The van der Waals surface area contributed by atoms with E-state index in [4.69, 9.17) is 0 Å². The number of hydrogen-bond donors (Lipinski definition) is 1. The summed E-state index contributed by atoms with van der Waals surface area (Å²) in [5.41, 5.74) is 0.619. The molecule has 0 radical (unpaired) electrons. The van der Waals surface area contributed by atoms with Gasteiger partial charge in [0.25, 0.3) is 0 Å². The van der Waals surface area contributed by atoms with Crippen LogP contribution in [0.25, 0.3) is 0 Å². The van der Waals surface area contributed by atoms with Crippen molar-refractivity contribution in [3.8, 4) is 0 Å². The summed E-state index contributed by atoms with van der Waals surface area (Å²) in [5.74, 6) is 0.581. The third kappa shape index (κ3) is 2.50. The molecule has 2 fully saturated rings.